The Morgan fingerprint density at radius 2 is 1.73 bits per heavy atom. The molecule has 0 aliphatic rings. The molecule has 0 spiro atoms. The Kier molecular flexibility index (Phi) is 11.8. The molecule has 1 amide bonds. The van der Waals surface area contributed by atoms with Crippen molar-refractivity contribution in [2.24, 2.45) is 0 Å². The van der Waals surface area contributed by atoms with E-state index in [2.05, 4.69) is 5.32 Å². The van der Waals surface area contributed by atoms with E-state index in [0.29, 0.717) is 42.1 Å². The molecule has 0 radical (unpaired) electrons. The van der Waals surface area contributed by atoms with Crippen LogP contribution in [0.5, 0.6) is 0 Å². The number of aliphatic carboxylic acids is 1. The fraction of sp³-hybridized carbons (Fsp3) is 0.652. The maximum Gasteiger partial charge on any atom is 0.419 e. The third kappa shape index (κ3) is 13.2. The number of hydrogen-bond acceptors (Lipinski definition) is 4. The molecule has 6 nitrogen and oxygen atoms in total. The van der Waals surface area contributed by atoms with Gasteiger partial charge in [0.15, 0.2) is 0 Å². The number of quaternary nitrogens is 1. The highest BCUT2D eigenvalue weighted by Crippen LogP contribution is 2.31. The average molecular weight is 479 g/mol. The van der Waals surface area contributed by atoms with Gasteiger partial charge in [-0.25, -0.2) is 4.39 Å². The number of carboxylic acids is 1. The molecule has 10 heteroatoms. The van der Waals surface area contributed by atoms with Gasteiger partial charge in [-0.1, -0.05) is 25.3 Å². The Labute approximate surface area is 192 Å². The smallest absolute Gasteiger partial charge is 0.419 e. The van der Waals surface area contributed by atoms with Crippen LogP contribution in [0.15, 0.2) is 18.2 Å². The van der Waals surface area contributed by atoms with Crippen molar-refractivity contribution in [3.63, 3.8) is 0 Å². The zero-order valence-corrected chi connectivity index (χ0v) is 19.5. The van der Waals surface area contributed by atoms with E-state index in [1.807, 2.05) is 21.1 Å². The van der Waals surface area contributed by atoms with E-state index in [4.69, 9.17) is 4.74 Å². The molecule has 0 saturated heterocycles. The first-order chi connectivity index (χ1) is 15.3. The summed E-state index contributed by atoms with van der Waals surface area (Å²) in [4.78, 5) is 23.0. The van der Waals surface area contributed by atoms with Crippen LogP contribution in [-0.4, -0.2) is 56.7 Å². The van der Waals surface area contributed by atoms with Crippen LogP contribution >= 0.6 is 0 Å². The van der Waals surface area contributed by atoms with Crippen molar-refractivity contribution in [2.45, 2.75) is 63.8 Å². The normalized spacial score (nSPS) is 13.1. The van der Waals surface area contributed by atoms with Gasteiger partial charge in [0.1, 0.15) is 5.82 Å². The Hall–Kier alpha value is -2.20. The minimum Gasteiger partial charge on any atom is -0.550 e. The van der Waals surface area contributed by atoms with E-state index in [-0.39, 0.29) is 18.9 Å². The summed E-state index contributed by atoms with van der Waals surface area (Å²) in [5.74, 6) is -2.68. The largest absolute Gasteiger partial charge is 0.550 e. The molecule has 1 unspecified atom stereocenters. The number of carbonyl (C=O) groups is 2. The van der Waals surface area contributed by atoms with Gasteiger partial charge in [-0.3, -0.25) is 4.79 Å². The Morgan fingerprint density at radius 1 is 1.09 bits per heavy atom. The number of amides is 1. The molecular weight excluding hydrogens is 444 g/mol. The Balaban J connectivity index is 2.16. The van der Waals surface area contributed by atoms with Gasteiger partial charge >= 0.3 is 6.18 Å². The minimum atomic E-state index is -4.71. The third-order valence-electron chi connectivity index (χ3n) is 4.85. The summed E-state index contributed by atoms with van der Waals surface area (Å²) in [6, 6.07) is 2.28. The summed E-state index contributed by atoms with van der Waals surface area (Å²) in [6.45, 7) is 0.924. The monoisotopic (exact) mass is 478 g/mol. The number of nitrogens with one attached hydrogen (secondary N) is 1. The van der Waals surface area contributed by atoms with E-state index in [1.54, 1.807) is 0 Å². The van der Waals surface area contributed by atoms with E-state index in [9.17, 15) is 32.3 Å². The second kappa shape index (κ2) is 13.5. The summed E-state index contributed by atoms with van der Waals surface area (Å²) in [6.07, 6.45) is -0.625. The van der Waals surface area contributed by atoms with E-state index >= 15 is 0 Å². The predicted octanol–water partition coefficient (Wildman–Crippen LogP) is 3.03. The molecule has 0 heterocycles. The maximum absolute atomic E-state index is 13.5. The lowest BCUT2D eigenvalue weighted by Gasteiger charge is -2.30. The molecule has 188 valence electrons. The molecular formula is C23H34F4N2O4. The van der Waals surface area contributed by atoms with Gasteiger partial charge in [0, 0.05) is 25.4 Å². The zero-order valence-electron chi connectivity index (χ0n) is 19.5. The second-order valence-electron chi connectivity index (χ2n) is 9.20. The van der Waals surface area contributed by atoms with Crippen LogP contribution in [-0.2, 0) is 27.1 Å². The SMILES string of the molecule is C[N+](C)(C)CC(CC(=O)[O-])NC(=O)CCCCCCCOCc1ccc(C(F)(F)F)c(F)c1. The summed E-state index contributed by atoms with van der Waals surface area (Å²) in [7, 11) is 5.75. The second-order valence-corrected chi connectivity index (χ2v) is 9.20. The lowest BCUT2D eigenvalue weighted by molar-refractivity contribution is -0.871. The zero-order chi connectivity index (χ0) is 25.1. The Morgan fingerprint density at radius 3 is 2.30 bits per heavy atom. The van der Waals surface area contributed by atoms with Crippen LogP contribution in [0.2, 0.25) is 0 Å². The summed E-state index contributed by atoms with van der Waals surface area (Å²) >= 11 is 0. The number of ether oxygens (including phenoxy) is 1. The van der Waals surface area contributed by atoms with E-state index < -0.39 is 29.6 Å². The standard InChI is InChI=1S/C23H34F4N2O4/c1-29(2,3)15-18(14-22(31)32)28-21(30)9-7-5-4-6-8-12-33-16-17-10-11-19(20(24)13-17)23(25,26)27/h10-11,13,18H,4-9,12,14-16H2,1-3H3,(H-,28,30,31,32). The van der Waals surface area contributed by atoms with Gasteiger partial charge in [-0.2, -0.15) is 13.2 Å². The highest BCUT2D eigenvalue weighted by molar-refractivity contribution is 5.77. The van der Waals surface area contributed by atoms with Gasteiger partial charge < -0.3 is 24.4 Å². The molecule has 0 bridgehead atoms. The third-order valence-corrected chi connectivity index (χ3v) is 4.85. The number of hydrogen-bond donors (Lipinski definition) is 1. The first kappa shape index (κ1) is 28.8. The van der Waals surface area contributed by atoms with Crippen molar-refractivity contribution < 1.29 is 41.5 Å². The molecule has 0 aliphatic heterocycles. The molecule has 1 aromatic carbocycles. The maximum atomic E-state index is 13.5. The molecule has 1 atom stereocenters. The molecule has 0 saturated carbocycles. The van der Waals surface area contributed by atoms with Crippen LogP contribution in [0.25, 0.3) is 0 Å². The van der Waals surface area contributed by atoms with Crippen LogP contribution < -0.4 is 10.4 Å². The van der Waals surface area contributed by atoms with Gasteiger partial charge in [-0.15, -0.1) is 0 Å². The molecule has 33 heavy (non-hydrogen) atoms. The number of carboxylic acid groups (broad SMARTS) is 1. The van der Waals surface area contributed by atoms with Crippen molar-refractivity contribution in [1.29, 1.82) is 0 Å². The number of benzene rings is 1. The lowest BCUT2D eigenvalue weighted by Crippen LogP contribution is -2.50. The van der Waals surface area contributed by atoms with Crippen LogP contribution in [0.1, 0.15) is 56.1 Å². The average Bonchev–Trinajstić information content (AvgIpc) is 2.63. The first-order valence-corrected chi connectivity index (χ1v) is 11.0. The van der Waals surface area contributed by atoms with Crippen LogP contribution in [0, 0.1) is 5.82 Å². The predicted molar refractivity (Wildman–Crippen MR) is 113 cm³/mol. The van der Waals surface area contributed by atoms with Crippen molar-refractivity contribution in [3.8, 4) is 0 Å². The summed E-state index contributed by atoms with van der Waals surface area (Å²) in [5.41, 5.74) is -0.948. The number of rotatable bonds is 15. The van der Waals surface area contributed by atoms with Gasteiger partial charge in [-0.05, 0) is 30.5 Å². The summed E-state index contributed by atoms with van der Waals surface area (Å²) in [5, 5.41) is 13.7. The molecule has 1 rings (SSSR count). The minimum absolute atomic E-state index is 0.0372. The Bertz CT molecular complexity index is 764. The van der Waals surface area contributed by atoms with Crippen molar-refractivity contribution in [3.05, 3.63) is 35.1 Å². The topological polar surface area (TPSA) is 78.5 Å². The van der Waals surface area contributed by atoms with Crippen molar-refractivity contribution in [1.82, 2.24) is 5.32 Å². The number of unbranched alkanes of at least 4 members (excludes halogenated alkanes) is 4. The van der Waals surface area contributed by atoms with Gasteiger partial charge in [0.2, 0.25) is 5.91 Å². The molecule has 1 N–H and O–H groups in total. The van der Waals surface area contributed by atoms with Gasteiger partial charge in [0.05, 0.1) is 45.9 Å². The lowest BCUT2D eigenvalue weighted by atomic mass is 10.1. The fourth-order valence-corrected chi connectivity index (χ4v) is 3.41. The van der Waals surface area contributed by atoms with E-state index in [0.717, 1.165) is 31.7 Å². The number of halogens is 4. The number of likely N-dealkylation sites (N-methyl/N-ethyl adjacent to an activating group) is 1. The highest BCUT2D eigenvalue weighted by Gasteiger charge is 2.33. The fourth-order valence-electron chi connectivity index (χ4n) is 3.41. The van der Waals surface area contributed by atoms with E-state index in [1.165, 1.54) is 6.07 Å². The highest BCUT2D eigenvalue weighted by atomic mass is 19.4. The molecule has 0 aromatic heterocycles. The first-order valence-electron chi connectivity index (χ1n) is 11.0. The quantitative estimate of drug-likeness (QED) is 0.239. The van der Waals surface area contributed by atoms with Crippen molar-refractivity contribution >= 4 is 11.9 Å². The number of carbonyl (C=O) groups excluding carboxylic acids is 2. The van der Waals surface area contributed by atoms with Crippen LogP contribution in [0.3, 0.4) is 0 Å². The summed E-state index contributed by atoms with van der Waals surface area (Å²) < 4.78 is 57.1. The molecule has 0 aliphatic carbocycles. The van der Waals surface area contributed by atoms with Gasteiger partial charge in [0.25, 0.3) is 0 Å². The molecule has 0 fully saturated rings. The van der Waals surface area contributed by atoms with Crippen LogP contribution in [0.4, 0.5) is 17.6 Å². The molecule has 1 aromatic rings. The number of nitrogens with zero attached hydrogens (tertiary/aromatic N) is 1. The van der Waals surface area contributed by atoms with Crippen molar-refractivity contribution in [2.75, 3.05) is 34.3 Å². The number of alkyl halides is 3.